The minimum absolute atomic E-state index is 0.0285. The smallest absolute Gasteiger partial charge is 0.269 e. The second kappa shape index (κ2) is 5.52. The van der Waals surface area contributed by atoms with Crippen molar-refractivity contribution in [3.8, 4) is 11.1 Å². The Morgan fingerprint density at radius 3 is 2.40 bits per heavy atom. The maximum absolute atomic E-state index is 10.7. The number of nitrogen functional groups attached to an aromatic ring is 2. The number of nitrogens with zero attached hydrogens (tertiary/aromatic N) is 3. The van der Waals surface area contributed by atoms with Crippen LogP contribution < -0.4 is 11.5 Å². The van der Waals surface area contributed by atoms with E-state index in [1.54, 1.807) is 12.1 Å². The van der Waals surface area contributed by atoms with Crippen molar-refractivity contribution in [3.63, 3.8) is 0 Å². The topological polar surface area (TPSA) is 121 Å². The standard InChI is InChI=1S/C13H15N5O2/c1-2-3-10-11(12(14)17-13(15)16-10)8-4-6-9(7-5-8)18(19)20/h4-7H,2-3H2,1H3,(H4,14,15,16,17). The van der Waals surface area contributed by atoms with Gasteiger partial charge in [0, 0.05) is 17.7 Å². The summed E-state index contributed by atoms with van der Waals surface area (Å²) < 4.78 is 0. The lowest BCUT2D eigenvalue weighted by Gasteiger charge is -2.11. The molecule has 4 N–H and O–H groups in total. The molecule has 0 saturated carbocycles. The van der Waals surface area contributed by atoms with Gasteiger partial charge >= 0.3 is 0 Å². The van der Waals surface area contributed by atoms with Gasteiger partial charge < -0.3 is 11.5 Å². The van der Waals surface area contributed by atoms with Gasteiger partial charge in [0.25, 0.3) is 5.69 Å². The van der Waals surface area contributed by atoms with E-state index in [9.17, 15) is 10.1 Å². The molecule has 0 fully saturated rings. The summed E-state index contributed by atoms with van der Waals surface area (Å²) in [5.74, 6) is 0.423. The highest BCUT2D eigenvalue weighted by Crippen LogP contribution is 2.30. The van der Waals surface area contributed by atoms with Crippen LogP contribution in [0, 0.1) is 10.1 Å². The van der Waals surface area contributed by atoms with Crippen LogP contribution in [0.15, 0.2) is 24.3 Å². The molecule has 7 heteroatoms. The average Bonchev–Trinajstić information content (AvgIpc) is 2.38. The van der Waals surface area contributed by atoms with Crippen LogP contribution in [0.1, 0.15) is 19.0 Å². The zero-order valence-electron chi connectivity index (χ0n) is 11.0. The van der Waals surface area contributed by atoms with E-state index in [0.717, 1.165) is 17.7 Å². The summed E-state index contributed by atoms with van der Waals surface area (Å²) in [6.45, 7) is 2.02. The molecule has 0 radical (unpaired) electrons. The van der Waals surface area contributed by atoms with Gasteiger partial charge in [0.1, 0.15) is 5.82 Å². The van der Waals surface area contributed by atoms with Gasteiger partial charge in [0.15, 0.2) is 0 Å². The molecule has 0 saturated heterocycles. The Balaban J connectivity index is 2.53. The highest BCUT2D eigenvalue weighted by molar-refractivity contribution is 5.77. The van der Waals surface area contributed by atoms with Gasteiger partial charge in [-0.1, -0.05) is 13.3 Å². The summed E-state index contributed by atoms with van der Waals surface area (Å²) in [5, 5.41) is 10.7. The van der Waals surface area contributed by atoms with E-state index < -0.39 is 4.92 Å². The molecule has 104 valence electrons. The first-order chi connectivity index (χ1) is 9.52. The van der Waals surface area contributed by atoms with Gasteiger partial charge in [0.2, 0.25) is 5.95 Å². The summed E-state index contributed by atoms with van der Waals surface area (Å²) >= 11 is 0. The van der Waals surface area contributed by atoms with Crippen LogP contribution in [0.4, 0.5) is 17.5 Å². The van der Waals surface area contributed by atoms with Crippen molar-refractivity contribution in [2.75, 3.05) is 11.5 Å². The van der Waals surface area contributed by atoms with Gasteiger partial charge in [0.05, 0.1) is 10.6 Å². The molecular formula is C13H15N5O2. The van der Waals surface area contributed by atoms with E-state index in [1.165, 1.54) is 12.1 Å². The molecule has 0 amide bonds. The van der Waals surface area contributed by atoms with Crippen LogP contribution in [0.3, 0.4) is 0 Å². The van der Waals surface area contributed by atoms with Crippen molar-refractivity contribution in [3.05, 3.63) is 40.1 Å². The molecule has 0 atom stereocenters. The molecule has 0 aliphatic carbocycles. The maximum atomic E-state index is 10.7. The molecule has 0 unspecified atom stereocenters. The average molecular weight is 273 g/mol. The van der Waals surface area contributed by atoms with Crippen LogP contribution in [0.5, 0.6) is 0 Å². The quantitative estimate of drug-likeness (QED) is 0.650. The SMILES string of the molecule is CCCc1nc(N)nc(N)c1-c1ccc([N+](=O)[O-])cc1. The van der Waals surface area contributed by atoms with E-state index in [1.807, 2.05) is 6.92 Å². The van der Waals surface area contributed by atoms with Gasteiger partial charge in [-0.05, 0) is 24.1 Å². The highest BCUT2D eigenvalue weighted by Gasteiger charge is 2.14. The molecule has 0 aliphatic heterocycles. The summed E-state index contributed by atoms with van der Waals surface area (Å²) in [7, 11) is 0. The number of hydrogen-bond donors (Lipinski definition) is 2. The Hall–Kier alpha value is -2.70. The first-order valence-corrected chi connectivity index (χ1v) is 6.19. The second-order valence-electron chi connectivity index (χ2n) is 4.34. The van der Waals surface area contributed by atoms with E-state index in [2.05, 4.69) is 9.97 Å². The largest absolute Gasteiger partial charge is 0.383 e. The van der Waals surface area contributed by atoms with Crippen LogP contribution >= 0.6 is 0 Å². The van der Waals surface area contributed by atoms with Crippen LogP contribution in [0.2, 0.25) is 0 Å². The predicted molar refractivity (Wildman–Crippen MR) is 76.9 cm³/mol. The van der Waals surface area contributed by atoms with Crippen molar-refractivity contribution in [2.45, 2.75) is 19.8 Å². The summed E-state index contributed by atoms with van der Waals surface area (Å²) in [4.78, 5) is 18.4. The molecule has 1 heterocycles. The zero-order valence-corrected chi connectivity index (χ0v) is 11.0. The number of non-ortho nitro benzene ring substituents is 1. The minimum Gasteiger partial charge on any atom is -0.383 e. The zero-order chi connectivity index (χ0) is 14.7. The molecule has 7 nitrogen and oxygen atoms in total. The third kappa shape index (κ3) is 2.66. The van der Waals surface area contributed by atoms with Crippen molar-refractivity contribution in [2.24, 2.45) is 0 Å². The fourth-order valence-electron chi connectivity index (χ4n) is 2.03. The van der Waals surface area contributed by atoms with Crippen molar-refractivity contribution >= 4 is 17.5 Å². The number of benzene rings is 1. The first kappa shape index (κ1) is 13.7. The summed E-state index contributed by atoms with van der Waals surface area (Å²) in [5.41, 5.74) is 13.7. The van der Waals surface area contributed by atoms with Crippen molar-refractivity contribution in [1.29, 1.82) is 0 Å². The lowest BCUT2D eigenvalue weighted by molar-refractivity contribution is -0.384. The van der Waals surface area contributed by atoms with E-state index >= 15 is 0 Å². The minimum atomic E-state index is -0.445. The normalized spacial score (nSPS) is 10.4. The molecule has 0 aliphatic rings. The van der Waals surface area contributed by atoms with Gasteiger partial charge in [-0.15, -0.1) is 0 Å². The lowest BCUT2D eigenvalue weighted by atomic mass is 10.0. The number of rotatable bonds is 4. The molecule has 0 bridgehead atoms. The van der Waals surface area contributed by atoms with Gasteiger partial charge in [-0.25, -0.2) is 4.98 Å². The van der Waals surface area contributed by atoms with Crippen molar-refractivity contribution in [1.82, 2.24) is 9.97 Å². The fourth-order valence-corrected chi connectivity index (χ4v) is 2.03. The Morgan fingerprint density at radius 1 is 1.20 bits per heavy atom. The number of aromatic nitrogens is 2. The Bertz CT molecular complexity index is 640. The fraction of sp³-hybridized carbons (Fsp3) is 0.231. The van der Waals surface area contributed by atoms with E-state index in [0.29, 0.717) is 12.0 Å². The monoisotopic (exact) mass is 273 g/mol. The number of nitro benzene ring substituents is 1. The number of nitrogens with two attached hydrogens (primary N) is 2. The van der Waals surface area contributed by atoms with Crippen molar-refractivity contribution < 1.29 is 4.92 Å². The Morgan fingerprint density at radius 2 is 1.85 bits per heavy atom. The van der Waals surface area contributed by atoms with Gasteiger partial charge in [-0.2, -0.15) is 4.98 Å². The molecule has 0 spiro atoms. The number of nitro groups is 1. The number of anilines is 2. The predicted octanol–water partition coefficient (Wildman–Crippen LogP) is 2.17. The van der Waals surface area contributed by atoms with Crippen LogP contribution in [-0.4, -0.2) is 14.9 Å². The molecule has 1 aromatic heterocycles. The molecule has 1 aromatic carbocycles. The third-order valence-corrected chi connectivity index (χ3v) is 2.88. The lowest BCUT2D eigenvalue weighted by Crippen LogP contribution is -2.06. The second-order valence-corrected chi connectivity index (χ2v) is 4.34. The number of hydrogen-bond acceptors (Lipinski definition) is 6. The maximum Gasteiger partial charge on any atom is 0.269 e. The molecule has 2 rings (SSSR count). The van der Waals surface area contributed by atoms with E-state index in [4.69, 9.17) is 11.5 Å². The molecule has 20 heavy (non-hydrogen) atoms. The highest BCUT2D eigenvalue weighted by atomic mass is 16.6. The summed E-state index contributed by atoms with van der Waals surface area (Å²) in [6, 6.07) is 6.15. The Kier molecular flexibility index (Phi) is 3.79. The summed E-state index contributed by atoms with van der Waals surface area (Å²) in [6.07, 6.45) is 1.60. The van der Waals surface area contributed by atoms with Gasteiger partial charge in [-0.3, -0.25) is 10.1 Å². The Labute approximate surface area is 115 Å². The number of aryl methyl sites for hydroxylation is 1. The van der Waals surface area contributed by atoms with E-state index in [-0.39, 0.29) is 17.5 Å². The van der Waals surface area contributed by atoms with Crippen LogP contribution in [-0.2, 0) is 6.42 Å². The molecular weight excluding hydrogens is 258 g/mol. The third-order valence-electron chi connectivity index (χ3n) is 2.88. The first-order valence-electron chi connectivity index (χ1n) is 6.19. The van der Waals surface area contributed by atoms with Crippen LogP contribution in [0.25, 0.3) is 11.1 Å². The molecule has 2 aromatic rings.